The zero-order chi connectivity index (χ0) is 11.4. The summed E-state index contributed by atoms with van der Waals surface area (Å²) in [5.74, 6) is 1.17. The van der Waals surface area contributed by atoms with Crippen molar-refractivity contribution in [2.75, 3.05) is 12.8 Å². The first kappa shape index (κ1) is 10.2. The smallest absolute Gasteiger partial charge is 0.313 e. The lowest BCUT2D eigenvalue weighted by atomic mass is 10.2. The molecule has 2 N–H and O–H groups in total. The highest BCUT2D eigenvalue weighted by Crippen LogP contribution is 2.15. The molecule has 0 bridgehead atoms. The highest BCUT2D eigenvalue weighted by atomic mass is 16.5. The van der Waals surface area contributed by atoms with Crippen LogP contribution in [0.25, 0.3) is 12.2 Å². The van der Waals surface area contributed by atoms with Crippen LogP contribution >= 0.6 is 0 Å². The maximum Gasteiger partial charge on any atom is 0.313 e. The number of benzene rings is 1. The van der Waals surface area contributed by atoms with Crippen LogP contribution in [0.4, 0.5) is 6.01 Å². The minimum absolute atomic E-state index is 0.0605. The number of anilines is 1. The molecule has 0 unspecified atom stereocenters. The third-order valence-corrected chi connectivity index (χ3v) is 1.97. The summed E-state index contributed by atoms with van der Waals surface area (Å²) in [7, 11) is 1.63. The van der Waals surface area contributed by atoms with E-state index in [1.165, 1.54) is 0 Å². The van der Waals surface area contributed by atoms with E-state index in [0.29, 0.717) is 5.89 Å². The van der Waals surface area contributed by atoms with Gasteiger partial charge >= 0.3 is 6.01 Å². The van der Waals surface area contributed by atoms with Gasteiger partial charge in [0, 0.05) is 6.08 Å². The summed E-state index contributed by atoms with van der Waals surface area (Å²) in [5.41, 5.74) is 6.28. The van der Waals surface area contributed by atoms with Gasteiger partial charge in [0.15, 0.2) is 0 Å². The topological polar surface area (TPSA) is 74.2 Å². The number of methoxy groups -OCH3 is 1. The van der Waals surface area contributed by atoms with Gasteiger partial charge in [0.1, 0.15) is 5.75 Å². The van der Waals surface area contributed by atoms with Crippen LogP contribution in [0.3, 0.4) is 0 Å². The normalized spacial score (nSPS) is 10.8. The van der Waals surface area contributed by atoms with Gasteiger partial charge in [0.25, 0.3) is 0 Å². The van der Waals surface area contributed by atoms with Gasteiger partial charge in [0.05, 0.1) is 7.11 Å². The minimum atomic E-state index is 0.0605. The number of rotatable bonds is 3. The van der Waals surface area contributed by atoms with Crippen LogP contribution in [0.15, 0.2) is 28.7 Å². The molecular formula is C11H11N3O2. The lowest BCUT2D eigenvalue weighted by molar-refractivity contribution is 0.414. The molecule has 0 aliphatic rings. The highest BCUT2D eigenvalue weighted by Gasteiger charge is 1.97. The van der Waals surface area contributed by atoms with E-state index in [0.717, 1.165) is 11.3 Å². The highest BCUT2D eigenvalue weighted by molar-refractivity contribution is 5.66. The summed E-state index contributed by atoms with van der Waals surface area (Å²) >= 11 is 0. The number of aromatic nitrogens is 2. The lowest BCUT2D eigenvalue weighted by Crippen LogP contribution is -1.82. The maximum atomic E-state index is 5.30. The molecular weight excluding hydrogens is 206 g/mol. The molecule has 0 radical (unpaired) electrons. The van der Waals surface area contributed by atoms with Crippen LogP contribution in [0.5, 0.6) is 5.75 Å². The first-order valence-corrected chi connectivity index (χ1v) is 4.69. The Morgan fingerprint density at radius 3 is 2.88 bits per heavy atom. The van der Waals surface area contributed by atoms with E-state index in [2.05, 4.69) is 10.2 Å². The molecule has 0 aliphatic heterocycles. The van der Waals surface area contributed by atoms with Crippen LogP contribution in [-0.4, -0.2) is 17.3 Å². The first-order valence-electron chi connectivity index (χ1n) is 4.69. The van der Waals surface area contributed by atoms with Crippen molar-refractivity contribution in [2.24, 2.45) is 0 Å². The Labute approximate surface area is 92.5 Å². The van der Waals surface area contributed by atoms with Crippen molar-refractivity contribution in [3.63, 3.8) is 0 Å². The number of ether oxygens (including phenoxy) is 1. The van der Waals surface area contributed by atoms with Crippen molar-refractivity contribution in [1.29, 1.82) is 0 Å². The van der Waals surface area contributed by atoms with Gasteiger partial charge < -0.3 is 14.9 Å². The standard InChI is InChI=1S/C11H11N3O2/c1-15-9-4-2-3-8(7-9)5-6-10-13-14-11(12)16-10/h2-7H,1H3,(H2,12,14)/b6-5+. The predicted molar refractivity (Wildman–Crippen MR) is 60.6 cm³/mol. The molecule has 0 spiro atoms. The van der Waals surface area contributed by atoms with Crippen LogP contribution in [-0.2, 0) is 0 Å². The molecule has 0 saturated carbocycles. The molecule has 1 aromatic carbocycles. The van der Waals surface area contributed by atoms with Crippen molar-refractivity contribution in [3.8, 4) is 5.75 Å². The summed E-state index contributed by atoms with van der Waals surface area (Å²) in [5, 5.41) is 7.26. The molecule has 0 aliphatic carbocycles. The van der Waals surface area contributed by atoms with E-state index in [1.54, 1.807) is 13.2 Å². The third kappa shape index (κ3) is 2.38. The Hall–Kier alpha value is -2.30. The Balaban J connectivity index is 2.16. The molecule has 0 fully saturated rings. The molecule has 82 valence electrons. The number of nitrogen functional groups attached to an aromatic ring is 1. The van der Waals surface area contributed by atoms with Crippen LogP contribution in [0.2, 0.25) is 0 Å². The van der Waals surface area contributed by atoms with Crippen molar-refractivity contribution in [2.45, 2.75) is 0 Å². The second-order valence-corrected chi connectivity index (χ2v) is 3.09. The molecule has 1 aromatic heterocycles. The summed E-state index contributed by atoms with van der Waals surface area (Å²) in [6.45, 7) is 0. The van der Waals surface area contributed by atoms with E-state index in [1.807, 2.05) is 30.3 Å². The predicted octanol–water partition coefficient (Wildman–Crippen LogP) is 1.83. The molecule has 0 atom stereocenters. The molecule has 16 heavy (non-hydrogen) atoms. The second kappa shape index (κ2) is 4.48. The van der Waals surface area contributed by atoms with Crippen LogP contribution in [0.1, 0.15) is 11.5 Å². The number of nitrogens with two attached hydrogens (primary N) is 1. The summed E-state index contributed by atoms with van der Waals surface area (Å²) in [6, 6.07) is 7.68. The van der Waals surface area contributed by atoms with Gasteiger partial charge in [-0.3, -0.25) is 0 Å². The fourth-order valence-electron chi connectivity index (χ4n) is 1.23. The van der Waals surface area contributed by atoms with E-state index in [9.17, 15) is 0 Å². The van der Waals surface area contributed by atoms with Gasteiger partial charge in [-0.05, 0) is 23.8 Å². The molecule has 2 rings (SSSR count). The number of hydrogen-bond acceptors (Lipinski definition) is 5. The largest absolute Gasteiger partial charge is 0.497 e. The maximum absolute atomic E-state index is 5.30. The minimum Gasteiger partial charge on any atom is -0.497 e. The summed E-state index contributed by atoms with van der Waals surface area (Å²) < 4.78 is 10.1. The fraction of sp³-hybridized carbons (Fsp3) is 0.0909. The van der Waals surface area contributed by atoms with Crippen LogP contribution in [0, 0.1) is 0 Å². The van der Waals surface area contributed by atoms with Gasteiger partial charge in [0.2, 0.25) is 5.89 Å². The second-order valence-electron chi connectivity index (χ2n) is 3.09. The SMILES string of the molecule is COc1cccc(/C=C/c2nnc(N)o2)c1. The Morgan fingerprint density at radius 1 is 1.31 bits per heavy atom. The lowest BCUT2D eigenvalue weighted by Gasteiger charge is -1.99. The Morgan fingerprint density at radius 2 is 2.19 bits per heavy atom. The Bertz CT molecular complexity index is 505. The summed E-state index contributed by atoms with van der Waals surface area (Å²) in [6.07, 6.45) is 3.54. The van der Waals surface area contributed by atoms with Crippen molar-refractivity contribution >= 4 is 18.2 Å². The van der Waals surface area contributed by atoms with E-state index < -0.39 is 0 Å². The number of hydrogen-bond donors (Lipinski definition) is 1. The molecule has 0 amide bonds. The molecule has 5 heteroatoms. The van der Waals surface area contributed by atoms with E-state index >= 15 is 0 Å². The van der Waals surface area contributed by atoms with Crippen molar-refractivity contribution < 1.29 is 9.15 Å². The molecule has 0 saturated heterocycles. The monoisotopic (exact) mass is 217 g/mol. The van der Waals surface area contributed by atoms with E-state index in [4.69, 9.17) is 14.9 Å². The average Bonchev–Trinajstić information content (AvgIpc) is 2.73. The number of nitrogens with zero attached hydrogens (tertiary/aromatic N) is 2. The zero-order valence-corrected chi connectivity index (χ0v) is 8.75. The third-order valence-electron chi connectivity index (χ3n) is 1.97. The van der Waals surface area contributed by atoms with Gasteiger partial charge in [-0.15, -0.1) is 5.10 Å². The summed E-state index contributed by atoms with van der Waals surface area (Å²) in [4.78, 5) is 0. The van der Waals surface area contributed by atoms with Crippen molar-refractivity contribution in [3.05, 3.63) is 35.7 Å². The zero-order valence-electron chi connectivity index (χ0n) is 8.75. The van der Waals surface area contributed by atoms with Gasteiger partial charge in [-0.25, -0.2) is 0 Å². The molecule has 2 aromatic rings. The van der Waals surface area contributed by atoms with Crippen LogP contribution < -0.4 is 10.5 Å². The van der Waals surface area contributed by atoms with Gasteiger partial charge in [-0.1, -0.05) is 17.2 Å². The van der Waals surface area contributed by atoms with E-state index in [-0.39, 0.29) is 6.01 Å². The molecule has 1 heterocycles. The quantitative estimate of drug-likeness (QED) is 0.848. The van der Waals surface area contributed by atoms with Crippen molar-refractivity contribution in [1.82, 2.24) is 10.2 Å². The Kier molecular flexibility index (Phi) is 2.86. The fourth-order valence-corrected chi connectivity index (χ4v) is 1.23. The molecule has 5 nitrogen and oxygen atoms in total. The first-order chi connectivity index (χ1) is 7.78. The average molecular weight is 217 g/mol. The van der Waals surface area contributed by atoms with Gasteiger partial charge in [-0.2, -0.15) is 0 Å².